The highest BCUT2D eigenvalue weighted by atomic mass is 127. The Kier molecular flexibility index (Phi) is 9.06. The third-order valence-corrected chi connectivity index (χ3v) is 5.77. The summed E-state index contributed by atoms with van der Waals surface area (Å²) in [5.41, 5.74) is 0. The zero-order valence-corrected chi connectivity index (χ0v) is 19.9. The number of nitrogens with one attached hydrogen (secondary N) is 2. The predicted octanol–water partition coefficient (Wildman–Crippen LogP) is 3.37. The molecule has 4 rings (SSSR count). The molecule has 1 unspecified atom stereocenters. The number of halogens is 1. The van der Waals surface area contributed by atoms with Gasteiger partial charge in [0.1, 0.15) is 17.9 Å². The molecule has 0 aliphatic carbocycles. The van der Waals surface area contributed by atoms with Gasteiger partial charge in [0.05, 0.1) is 12.8 Å². The molecule has 1 aliphatic heterocycles. The molecule has 0 radical (unpaired) electrons. The average Bonchev–Trinajstić information content (AvgIpc) is 3.43. The van der Waals surface area contributed by atoms with Gasteiger partial charge in [-0.3, -0.25) is 4.99 Å². The molecule has 7 nitrogen and oxygen atoms in total. The van der Waals surface area contributed by atoms with E-state index in [4.69, 9.17) is 9.41 Å². The van der Waals surface area contributed by atoms with Crippen molar-refractivity contribution in [1.29, 1.82) is 0 Å². The van der Waals surface area contributed by atoms with E-state index >= 15 is 0 Å². The van der Waals surface area contributed by atoms with E-state index in [-0.39, 0.29) is 24.0 Å². The van der Waals surface area contributed by atoms with Crippen LogP contribution in [-0.4, -0.2) is 45.6 Å². The first-order valence-corrected chi connectivity index (χ1v) is 11.0. The van der Waals surface area contributed by atoms with Gasteiger partial charge in [-0.2, -0.15) is 5.10 Å². The Labute approximate surface area is 198 Å². The predicted molar refractivity (Wildman–Crippen MR) is 131 cm³/mol. The monoisotopic (exact) mass is 538 g/mol. The van der Waals surface area contributed by atoms with Crippen LogP contribution in [0.15, 0.2) is 69.4 Å². The van der Waals surface area contributed by atoms with Crippen LogP contribution >= 0.6 is 35.7 Å². The number of aliphatic imine (C=N–C) groups is 1. The molecule has 0 amide bonds. The van der Waals surface area contributed by atoms with Crippen LogP contribution in [0.4, 0.5) is 0 Å². The molecule has 160 valence electrons. The summed E-state index contributed by atoms with van der Waals surface area (Å²) in [4.78, 5) is 10.3. The van der Waals surface area contributed by atoms with E-state index in [1.54, 1.807) is 12.6 Å². The third-order valence-electron chi connectivity index (χ3n) is 4.76. The van der Waals surface area contributed by atoms with Gasteiger partial charge < -0.3 is 15.1 Å². The largest absolute Gasteiger partial charge is 0.469 e. The van der Waals surface area contributed by atoms with Crippen molar-refractivity contribution in [1.82, 2.24) is 25.4 Å². The number of rotatable bonds is 8. The van der Waals surface area contributed by atoms with Gasteiger partial charge in [0.25, 0.3) is 0 Å². The Morgan fingerprint density at radius 1 is 1.23 bits per heavy atom. The van der Waals surface area contributed by atoms with Crippen molar-refractivity contribution < 1.29 is 4.42 Å². The van der Waals surface area contributed by atoms with Crippen LogP contribution < -0.4 is 10.6 Å². The molecule has 3 aromatic rings. The lowest BCUT2D eigenvalue weighted by atomic mass is 10.1. The van der Waals surface area contributed by atoms with Crippen molar-refractivity contribution in [2.24, 2.45) is 4.99 Å². The summed E-state index contributed by atoms with van der Waals surface area (Å²) >= 11 is 1.84. The maximum absolute atomic E-state index is 5.41. The third kappa shape index (κ3) is 6.76. The van der Waals surface area contributed by atoms with Gasteiger partial charge in [0.15, 0.2) is 5.96 Å². The van der Waals surface area contributed by atoms with Crippen LogP contribution in [0.5, 0.6) is 0 Å². The number of hydrogen-bond donors (Lipinski definition) is 2. The fourth-order valence-electron chi connectivity index (χ4n) is 3.29. The number of fused-ring (bicyclic) bond motifs is 1. The van der Waals surface area contributed by atoms with Crippen LogP contribution in [-0.2, 0) is 19.4 Å². The molecular formula is C21H27IN6OS. The number of aryl methyl sites for hydroxylation is 1. The summed E-state index contributed by atoms with van der Waals surface area (Å²) in [5.74, 6) is 3.84. The molecule has 0 spiro atoms. The number of hydrogen-bond acceptors (Lipinski definition) is 5. The lowest BCUT2D eigenvalue weighted by molar-refractivity contribution is 0.392. The smallest absolute Gasteiger partial charge is 0.191 e. The van der Waals surface area contributed by atoms with Gasteiger partial charge in [0.2, 0.25) is 0 Å². The normalized spacial score (nSPS) is 15.9. The minimum atomic E-state index is 0. The molecule has 0 saturated heterocycles. The zero-order valence-electron chi connectivity index (χ0n) is 16.7. The minimum Gasteiger partial charge on any atom is -0.469 e. The molecule has 3 heterocycles. The summed E-state index contributed by atoms with van der Waals surface area (Å²) in [6, 6.07) is 14.6. The highest BCUT2D eigenvalue weighted by Gasteiger charge is 2.20. The lowest BCUT2D eigenvalue weighted by Crippen LogP contribution is -2.47. The molecule has 0 bridgehead atoms. The number of nitrogens with zero attached hydrogens (tertiary/aromatic N) is 4. The second kappa shape index (κ2) is 12.0. The molecule has 9 heteroatoms. The van der Waals surface area contributed by atoms with E-state index in [1.165, 1.54) is 4.90 Å². The van der Waals surface area contributed by atoms with Crippen LogP contribution in [0, 0.1) is 0 Å². The van der Waals surface area contributed by atoms with E-state index < -0.39 is 0 Å². The highest BCUT2D eigenvalue weighted by Crippen LogP contribution is 2.16. The second-order valence-corrected chi connectivity index (χ2v) is 8.05. The Hall–Kier alpha value is -2.01. The first-order valence-electron chi connectivity index (χ1n) is 9.98. The van der Waals surface area contributed by atoms with E-state index in [2.05, 4.69) is 45.0 Å². The summed E-state index contributed by atoms with van der Waals surface area (Å²) in [6.07, 6.45) is 6.08. The summed E-state index contributed by atoms with van der Waals surface area (Å²) in [7, 11) is 0. The number of guanidine groups is 1. The summed E-state index contributed by atoms with van der Waals surface area (Å²) in [5, 5.41) is 11.4. The van der Waals surface area contributed by atoms with Crippen molar-refractivity contribution in [2.45, 2.75) is 36.7 Å². The van der Waals surface area contributed by atoms with Crippen molar-refractivity contribution >= 4 is 41.7 Å². The van der Waals surface area contributed by atoms with E-state index in [1.807, 2.05) is 34.6 Å². The minimum absolute atomic E-state index is 0. The average molecular weight is 538 g/mol. The van der Waals surface area contributed by atoms with Crippen LogP contribution in [0.25, 0.3) is 0 Å². The van der Waals surface area contributed by atoms with Gasteiger partial charge >= 0.3 is 0 Å². The molecule has 1 aliphatic rings. The molecule has 1 aromatic carbocycles. The maximum Gasteiger partial charge on any atom is 0.191 e. The highest BCUT2D eigenvalue weighted by molar-refractivity contribution is 14.0. The topological polar surface area (TPSA) is 80.3 Å². The zero-order chi connectivity index (χ0) is 19.7. The maximum atomic E-state index is 5.41. The summed E-state index contributed by atoms with van der Waals surface area (Å²) in [6.45, 7) is 2.33. The Morgan fingerprint density at radius 3 is 2.97 bits per heavy atom. The molecule has 2 N–H and O–H groups in total. The van der Waals surface area contributed by atoms with Crippen molar-refractivity contribution in [3.63, 3.8) is 0 Å². The van der Waals surface area contributed by atoms with Crippen LogP contribution in [0.1, 0.15) is 18.0 Å². The number of thioether (sulfide) groups is 1. The van der Waals surface area contributed by atoms with Gasteiger partial charge in [0, 0.05) is 42.6 Å². The Bertz CT molecular complexity index is 899. The standard InChI is InChI=1S/C21H26N6OS.HI/c1-2-6-19(7-3-1)29-14-12-23-21(22-11-10-18-5-4-13-28-18)26-17-8-9-20-24-16-25-27(20)15-17;/h1-7,13,16-17H,8-12,14-15H2,(H2,22,23,26);1H. The first-order chi connectivity index (χ1) is 14.4. The van der Waals surface area contributed by atoms with Crippen molar-refractivity contribution in [2.75, 3.05) is 18.8 Å². The SMILES string of the molecule is I.c1ccc(SCCNC(=NCCc2ccco2)NC2CCc3ncnn3C2)cc1. The first kappa shape index (κ1) is 22.7. The van der Waals surface area contributed by atoms with E-state index in [0.717, 1.165) is 55.6 Å². The Morgan fingerprint density at radius 2 is 2.13 bits per heavy atom. The van der Waals surface area contributed by atoms with Gasteiger partial charge in [-0.25, -0.2) is 9.67 Å². The fraction of sp³-hybridized carbons (Fsp3) is 0.381. The number of aromatic nitrogens is 3. The van der Waals surface area contributed by atoms with Crippen molar-refractivity contribution in [3.8, 4) is 0 Å². The van der Waals surface area contributed by atoms with Crippen LogP contribution in [0.2, 0.25) is 0 Å². The molecule has 1 atom stereocenters. The molecule has 2 aromatic heterocycles. The Balaban J connectivity index is 0.00000256. The number of furan rings is 1. The van der Waals surface area contributed by atoms with E-state index in [0.29, 0.717) is 12.6 Å². The molecular weight excluding hydrogens is 511 g/mol. The van der Waals surface area contributed by atoms with Gasteiger partial charge in [-0.15, -0.1) is 35.7 Å². The fourth-order valence-corrected chi connectivity index (χ4v) is 4.08. The lowest BCUT2D eigenvalue weighted by Gasteiger charge is -2.25. The van der Waals surface area contributed by atoms with Gasteiger partial charge in [-0.1, -0.05) is 18.2 Å². The quantitative estimate of drug-likeness (QED) is 0.151. The number of benzene rings is 1. The molecule has 30 heavy (non-hydrogen) atoms. The molecule has 0 saturated carbocycles. The second-order valence-electron chi connectivity index (χ2n) is 6.89. The van der Waals surface area contributed by atoms with Crippen LogP contribution in [0.3, 0.4) is 0 Å². The molecule has 0 fully saturated rings. The summed E-state index contributed by atoms with van der Waals surface area (Å²) < 4.78 is 7.39. The van der Waals surface area contributed by atoms with E-state index in [9.17, 15) is 0 Å². The van der Waals surface area contributed by atoms with Gasteiger partial charge in [-0.05, 0) is 30.7 Å². The van der Waals surface area contributed by atoms with Crippen molar-refractivity contribution in [3.05, 3.63) is 66.6 Å².